The largest absolute Gasteiger partial charge is 0.300 e. The summed E-state index contributed by atoms with van der Waals surface area (Å²) < 4.78 is 0. The van der Waals surface area contributed by atoms with Gasteiger partial charge in [-0.05, 0) is 17.9 Å². The Hall–Kier alpha value is -1.71. The predicted octanol–water partition coefficient (Wildman–Crippen LogP) is 3.14. The average Bonchev–Trinajstić information content (AvgIpc) is 2.26. The summed E-state index contributed by atoms with van der Waals surface area (Å²) in [5, 5.41) is 10.6. The van der Waals surface area contributed by atoms with Gasteiger partial charge < -0.3 is 0 Å². The van der Waals surface area contributed by atoms with E-state index in [0.717, 1.165) is 5.56 Å². The summed E-state index contributed by atoms with van der Waals surface area (Å²) in [6.07, 6.45) is 1.61. The molecule has 0 heterocycles. The molecule has 4 heteroatoms. The van der Waals surface area contributed by atoms with Gasteiger partial charge in [-0.15, -0.1) is 0 Å². The molecule has 0 aromatic heterocycles. The zero-order chi connectivity index (χ0) is 12.8. The molecule has 4 nitrogen and oxygen atoms in total. The summed E-state index contributed by atoms with van der Waals surface area (Å²) in [6, 6.07) is 6.46. The van der Waals surface area contributed by atoms with Gasteiger partial charge >= 0.3 is 0 Å². The van der Waals surface area contributed by atoms with Gasteiger partial charge in [-0.2, -0.15) is 0 Å². The molecular formula is C13H17NO3. The van der Waals surface area contributed by atoms with Crippen molar-refractivity contribution in [3.8, 4) is 0 Å². The van der Waals surface area contributed by atoms with Crippen LogP contribution in [0.4, 0.5) is 5.69 Å². The van der Waals surface area contributed by atoms with Crippen LogP contribution in [-0.4, -0.2) is 10.7 Å². The number of aryl methyl sites for hydroxylation is 1. The van der Waals surface area contributed by atoms with Crippen LogP contribution in [0.1, 0.15) is 32.3 Å². The van der Waals surface area contributed by atoms with Crippen LogP contribution in [0.15, 0.2) is 24.3 Å². The van der Waals surface area contributed by atoms with Crippen LogP contribution in [0, 0.1) is 16.0 Å². The molecule has 0 aliphatic heterocycles. The van der Waals surface area contributed by atoms with Gasteiger partial charge in [0.25, 0.3) is 5.69 Å². The van der Waals surface area contributed by atoms with Crippen LogP contribution in [0.2, 0.25) is 0 Å². The highest BCUT2D eigenvalue weighted by molar-refractivity contribution is 5.78. The Balaban J connectivity index is 2.54. The Morgan fingerprint density at radius 3 is 2.71 bits per heavy atom. The van der Waals surface area contributed by atoms with Crippen molar-refractivity contribution >= 4 is 11.5 Å². The SMILES string of the molecule is CC(C)CC(=O)CCc1cccc([N+](=O)[O-])c1. The number of Topliss-reactive ketones (excluding diaryl/α,β-unsaturated/α-hetero) is 1. The number of nitro benzene ring substituents is 1. The molecule has 17 heavy (non-hydrogen) atoms. The Morgan fingerprint density at radius 1 is 1.41 bits per heavy atom. The van der Waals surface area contributed by atoms with Crippen molar-refractivity contribution in [3.05, 3.63) is 39.9 Å². The molecule has 1 aromatic carbocycles. The molecule has 1 rings (SSSR count). The number of nitro groups is 1. The molecular weight excluding hydrogens is 218 g/mol. The lowest BCUT2D eigenvalue weighted by molar-refractivity contribution is -0.384. The maximum atomic E-state index is 11.5. The minimum Gasteiger partial charge on any atom is -0.300 e. The molecule has 0 unspecified atom stereocenters. The van der Waals surface area contributed by atoms with Crippen LogP contribution in [0.5, 0.6) is 0 Å². The summed E-state index contributed by atoms with van der Waals surface area (Å²) in [7, 11) is 0. The van der Waals surface area contributed by atoms with Crippen molar-refractivity contribution in [2.24, 2.45) is 5.92 Å². The van der Waals surface area contributed by atoms with Gasteiger partial charge in [-0.1, -0.05) is 26.0 Å². The highest BCUT2D eigenvalue weighted by Crippen LogP contribution is 2.15. The summed E-state index contributed by atoms with van der Waals surface area (Å²) >= 11 is 0. The van der Waals surface area contributed by atoms with E-state index in [2.05, 4.69) is 0 Å². The number of rotatable bonds is 6. The lowest BCUT2D eigenvalue weighted by atomic mass is 10.0. The van der Waals surface area contributed by atoms with E-state index in [1.165, 1.54) is 12.1 Å². The summed E-state index contributed by atoms with van der Waals surface area (Å²) in [4.78, 5) is 21.7. The maximum Gasteiger partial charge on any atom is 0.269 e. The first-order chi connectivity index (χ1) is 7.99. The molecule has 0 radical (unpaired) electrons. The first-order valence-corrected chi connectivity index (χ1v) is 5.74. The zero-order valence-corrected chi connectivity index (χ0v) is 10.2. The van der Waals surface area contributed by atoms with Gasteiger partial charge in [0.15, 0.2) is 0 Å². The van der Waals surface area contributed by atoms with Crippen LogP contribution in [0.3, 0.4) is 0 Å². The first-order valence-electron chi connectivity index (χ1n) is 5.74. The number of carbonyl (C=O) groups excluding carboxylic acids is 1. The average molecular weight is 235 g/mol. The van der Waals surface area contributed by atoms with Crippen molar-refractivity contribution in [1.82, 2.24) is 0 Å². The highest BCUT2D eigenvalue weighted by atomic mass is 16.6. The normalized spacial score (nSPS) is 10.5. The molecule has 0 saturated heterocycles. The number of ketones is 1. The standard InChI is InChI=1S/C13H17NO3/c1-10(2)8-13(15)7-6-11-4-3-5-12(9-11)14(16)17/h3-5,9-10H,6-8H2,1-2H3. The number of hydrogen-bond donors (Lipinski definition) is 0. The topological polar surface area (TPSA) is 60.2 Å². The fraction of sp³-hybridized carbons (Fsp3) is 0.462. The van der Waals surface area contributed by atoms with E-state index in [0.29, 0.717) is 25.2 Å². The number of carbonyl (C=O) groups is 1. The summed E-state index contributed by atoms with van der Waals surface area (Å²) in [5.41, 5.74) is 0.926. The fourth-order valence-corrected chi connectivity index (χ4v) is 1.67. The first kappa shape index (κ1) is 13.4. The van der Waals surface area contributed by atoms with E-state index >= 15 is 0 Å². The second-order valence-electron chi connectivity index (χ2n) is 4.56. The minimum atomic E-state index is -0.417. The van der Waals surface area contributed by atoms with Crippen LogP contribution in [-0.2, 0) is 11.2 Å². The van der Waals surface area contributed by atoms with Crippen molar-refractivity contribution in [1.29, 1.82) is 0 Å². The Bertz CT molecular complexity index is 413. The molecule has 0 atom stereocenters. The lowest BCUT2D eigenvalue weighted by Gasteiger charge is -2.04. The second kappa shape index (κ2) is 6.13. The van der Waals surface area contributed by atoms with E-state index in [4.69, 9.17) is 0 Å². The smallest absolute Gasteiger partial charge is 0.269 e. The summed E-state index contributed by atoms with van der Waals surface area (Å²) in [5.74, 6) is 0.583. The van der Waals surface area contributed by atoms with E-state index in [1.54, 1.807) is 6.07 Å². The van der Waals surface area contributed by atoms with Gasteiger partial charge in [0.1, 0.15) is 5.78 Å². The maximum absolute atomic E-state index is 11.5. The molecule has 0 aliphatic rings. The molecule has 1 aromatic rings. The van der Waals surface area contributed by atoms with Crippen molar-refractivity contribution in [2.45, 2.75) is 33.1 Å². The molecule has 0 fully saturated rings. The molecule has 0 amide bonds. The second-order valence-corrected chi connectivity index (χ2v) is 4.56. The van der Waals surface area contributed by atoms with Gasteiger partial charge in [0, 0.05) is 25.0 Å². The zero-order valence-electron chi connectivity index (χ0n) is 10.2. The summed E-state index contributed by atoms with van der Waals surface area (Å²) in [6.45, 7) is 4.01. The van der Waals surface area contributed by atoms with Gasteiger partial charge in [0.05, 0.1) is 4.92 Å². The van der Waals surface area contributed by atoms with Crippen molar-refractivity contribution < 1.29 is 9.72 Å². The molecule has 0 N–H and O–H groups in total. The number of nitrogens with zero attached hydrogens (tertiary/aromatic N) is 1. The van der Waals surface area contributed by atoms with Crippen LogP contribution >= 0.6 is 0 Å². The third-order valence-corrected chi connectivity index (χ3v) is 2.45. The Morgan fingerprint density at radius 2 is 2.12 bits per heavy atom. The molecule has 92 valence electrons. The van der Waals surface area contributed by atoms with Gasteiger partial charge in [-0.25, -0.2) is 0 Å². The lowest BCUT2D eigenvalue weighted by Crippen LogP contribution is -2.04. The molecule has 0 aliphatic carbocycles. The quantitative estimate of drug-likeness (QED) is 0.562. The Labute approximate surface area is 101 Å². The third kappa shape index (κ3) is 4.76. The number of benzene rings is 1. The van der Waals surface area contributed by atoms with Crippen LogP contribution in [0.25, 0.3) is 0 Å². The fourth-order valence-electron chi connectivity index (χ4n) is 1.67. The highest BCUT2D eigenvalue weighted by Gasteiger charge is 2.08. The van der Waals surface area contributed by atoms with Crippen molar-refractivity contribution in [3.63, 3.8) is 0 Å². The van der Waals surface area contributed by atoms with Gasteiger partial charge in [-0.3, -0.25) is 14.9 Å². The van der Waals surface area contributed by atoms with Crippen LogP contribution < -0.4 is 0 Å². The minimum absolute atomic E-state index is 0.0822. The number of hydrogen-bond acceptors (Lipinski definition) is 3. The van der Waals surface area contributed by atoms with Gasteiger partial charge in [0.2, 0.25) is 0 Å². The Kier molecular flexibility index (Phi) is 4.82. The van der Waals surface area contributed by atoms with E-state index in [9.17, 15) is 14.9 Å². The van der Waals surface area contributed by atoms with E-state index < -0.39 is 4.92 Å². The number of non-ortho nitro benzene ring substituents is 1. The molecule has 0 bridgehead atoms. The van der Waals surface area contributed by atoms with E-state index in [1.807, 2.05) is 19.9 Å². The van der Waals surface area contributed by atoms with Crippen molar-refractivity contribution in [2.75, 3.05) is 0 Å². The molecule has 0 spiro atoms. The van der Waals surface area contributed by atoms with E-state index in [-0.39, 0.29) is 11.5 Å². The monoisotopic (exact) mass is 235 g/mol. The third-order valence-electron chi connectivity index (χ3n) is 2.45. The predicted molar refractivity (Wildman–Crippen MR) is 65.9 cm³/mol. The molecule has 0 saturated carbocycles.